The standard InChI is InChI=1S/C14H16ClN3O/c1-2-9-18-14(12(15)10-17-18)13(19)4-3-11-5-7-16-8-6-11/h5-8,10H,2-4,9H2,1H3. The number of carbonyl (C=O) groups excluding carboxylic acids is 1. The van der Waals surface area contributed by atoms with Crippen LogP contribution in [0.5, 0.6) is 0 Å². The summed E-state index contributed by atoms with van der Waals surface area (Å²) >= 11 is 6.04. The Balaban J connectivity index is 2.06. The Hall–Kier alpha value is -1.68. The summed E-state index contributed by atoms with van der Waals surface area (Å²) < 4.78 is 1.69. The highest BCUT2D eigenvalue weighted by Gasteiger charge is 2.16. The zero-order valence-corrected chi connectivity index (χ0v) is 11.6. The minimum atomic E-state index is 0.0350. The van der Waals surface area contributed by atoms with Gasteiger partial charge in [-0.05, 0) is 30.5 Å². The third-order valence-corrected chi connectivity index (χ3v) is 3.16. The Morgan fingerprint density at radius 1 is 1.37 bits per heavy atom. The van der Waals surface area contributed by atoms with Crippen LogP contribution < -0.4 is 0 Å². The molecule has 100 valence electrons. The normalized spacial score (nSPS) is 10.6. The number of hydrogen-bond donors (Lipinski definition) is 0. The van der Waals surface area contributed by atoms with Crippen molar-refractivity contribution in [3.63, 3.8) is 0 Å². The number of ketones is 1. The molecule has 2 rings (SSSR count). The summed E-state index contributed by atoms with van der Waals surface area (Å²) in [6.07, 6.45) is 7.04. The van der Waals surface area contributed by atoms with Gasteiger partial charge in [-0.15, -0.1) is 0 Å². The van der Waals surface area contributed by atoms with Gasteiger partial charge in [0, 0.05) is 25.4 Å². The average molecular weight is 278 g/mol. The number of carbonyl (C=O) groups is 1. The summed E-state index contributed by atoms with van der Waals surface area (Å²) in [6.45, 7) is 2.75. The first kappa shape index (κ1) is 13.7. The van der Waals surface area contributed by atoms with Crippen molar-refractivity contribution in [2.75, 3.05) is 0 Å². The number of pyridine rings is 1. The smallest absolute Gasteiger partial charge is 0.182 e. The largest absolute Gasteiger partial charge is 0.292 e. The van der Waals surface area contributed by atoms with E-state index in [1.165, 1.54) is 6.20 Å². The molecule has 0 amide bonds. The van der Waals surface area contributed by atoms with Gasteiger partial charge in [0.1, 0.15) is 5.69 Å². The van der Waals surface area contributed by atoms with Crippen molar-refractivity contribution < 1.29 is 4.79 Å². The summed E-state index contributed by atoms with van der Waals surface area (Å²) in [5.74, 6) is 0.0350. The molecule has 0 saturated heterocycles. The van der Waals surface area contributed by atoms with Crippen LogP contribution in [0.4, 0.5) is 0 Å². The number of nitrogens with zero attached hydrogens (tertiary/aromatic N) is 3. The van der Waals surface area contributed by atoms with E-state index in [1.54, 1.807) is 17.1 Å². The van der Waals surface area contributed by atoms with E-state index in [9.17, 15) is 4.79 Å². The van der Waals surface area contributed by atoms with Crippen molar-refractivity contribution in [1.29, 1.82) is 0 Å². The molecule has 0 saturated carbocycles. The molecule has 19 heavy (non-hydrogen) atoms. The fraction of sp³-hybridized carbons (Fsp3) is 0.357. The number of aromatic nitrogens is 3. The van der Waals surface area contributed by atoms with Gasteiger partial charge < -0.3 is 0 Å². The van der Waals surface area contributed by atoms with Crippen LogP contribution >= 0.6 is 11.6 Å². The topological polar surface area (TPSA) is 47.8 Å². The van der Waals surface area contributed by atoms with Crippen molar-refractivity contribution >= 4 is 17.4 Å². The maximum atomic E-state index is 12.2. The predicted octanol–water partition coefficient (Wildman–Crippen LogP) is 3.16. The van der Waals surface area contributed by atoms with E-state index < -0.39 is 0 Å². The van der Waals surface area contributed by atoms with E-state index >= 15 is 0 Å². The Kier molecular flexibility index (Phi) is 4.68. The molecule has 2 aromatic rings. The average Bonchev–Trinajstić information content (AvgIpc) is 2.79. The lowest BCUT2D eigenvalue weighted by atomic mass is 10.1. The molecule has 5 heteroatoms. The molecule has 0 atom stereocenters. The maximum absolute atomic E-state index is 12.2. The fourth-order valence-electron chi connectivity index (χ4n) is 1.95. The van der Waals surface area contributed by atoms with Crippen molar-refractivity contribution in [3.8, 4) is 0 Å². The summed E-state index contributed by atoms with van der Waals surface area (Å²) in [6, 6.07) is 3.83. The van der Waals surface area contributed by atoms with Crippen LogP contribution in [-0.2, 0) is 13.0 Å². The van der Waals surface area contributed by atoms with E-state index in [0.717, 1.165) is 12.0 Å². The molecule has 0 N–H and O–H groups in total. The number of Topliss-reactive ketones (excluding diaryl/α,β-unsaturated/α-hetero) is 1. The minimum absolute atomic E-state index is 0.0350. The quantitative estimate of drug-likeness (QED) is 0.762. The van der Waals surface area contributed by atoms with Gasteiger partial charge in [-0.1, -0.05) is 18.5 Å². The molecule has 0 aliphatic heterocycles. The zero-order chi connectivity index (χ0) is 13.7. The highest BCUT2D eigenvalue weighted by molar-refractivity contribution is 6.33. The lowest BCUT2D eigenvalue weighted by Crippen LogP contribution is -2.11. The summed E-state index contributed by atoms with van der Waals surface area (Å²) in [4.78, 5) is 16.2. The van der Waals surface area contributed by atoms with Crippen LogP contribution in [0.3, 0.4) is 0 Å². The third kappa shape index (κ3) is 3.41. The Labute approximate surface area is 117 Å². The fourth-order valence-corrected chi connectivity index (χ4v) is 2.19. The van der Waals surface area contributed by atoms with E-state index in [-0.39, 0.29) is 5.78 Å². The maximum Gasteiger partial charge on any atom is 0.182 e. The van der Waals surface area contributed by atoms with Crippen LogP contribution in [0.2, 0.25) is 5.02 Å². The predicted molar refractivity (Wildman–Crippen MR) is 74.4 cm³/mol. The number of hydrogen-bond acceptors (Lipinski definition) is 3. The molecule has 0 radical (unpaired) electrons. The van der Waals surface area contributed by atoms with Gasteiger partial charge in [-0.2, -0.15) is 5.10 Å². The van der Waals surface area contributed by atoms with E-state index in [1.807, 2.05) is 19.1 Å². The second-order valence-corrected chi connectivity index (χ2v) is 4.75. The number of halogens is 1. The van der Waals surface area contributed by atoms with Crippen LogP contribution in [0.1, 0.15) is 35.8 Å². The second kappa shape index (κ2) is 6.48. The van der Waals surface area contributed by atoms with Crippen LogP contribution in [0.25, 0.3) is 0 Å². The highest BCUT2D eigenvalue weighted by atomic mass is 35.5. The second-order valence-electron chi connectivity index (χ2n) is 4.34. The van der Waals surface area contributed by atoms with Crippen LogP contribution in [0.15, 0.2) is 30.7 Å². The summed E-state index contributed by atoms with van der Waals surface area (Å²) in [5, 5.41) is 4.57. The Morgan fingerprint density at radius 3 is 2.79 bits per heavy atom. The summed E-state index contributed by atoms with van der Waals surface area (Å²) in [5.41, 5.74) is 1.62. The van der Waals surface area contributed by atoms with Gasteiger partial charge in [0.05, 0.1) is 11.2 Å². The van der Waals surface area contributed by atoms with Crippen molar-refractivity contribution in [3.05, 3.63) is 47.0 Å². The molecule has 2 heterocycles. The molecule has 0 aromatic carbocycles. The van der Waals surface area contributed by atoms with Gasteiger partial charge in [0.2, 0.25) is 0 Å². The Bertz CT molecular complexity index is 551. The molecular weight excluding hydrogens is 262 g/mol. The van der Waals surface area contributed by atoms with Gasteiger partial charge in [0.25, 0.3) is 0 Å². The molecule has 0 fully saturated rings. The molecule has 0 aliphatic carbocycles. The van der Waals surface area contributed by atoms with Crippen LogP contribution in [-0.4, -0.2) is 20.5 Å². The van der Waals surface area contributed by atoms with E-state index in [2.05, 4.69) is 10.1 Å². The lowest BCUT2D eigenvalue weighted by Gasteiger charge is -2.06. The first-order chi connectivity index (χ1) is 9.22. The molecule has 2 aromatic heterocycles. The monoisotopic (exact) mass is 277 g/mol. The molecule has 0 bridgehead atoms. The van der Waals surface area contributed by atoms with Crippen molar-refractivity contribution in [1.82, 2.24) is 14.8 Å². The van der Waals surface area contributed by atoms with Crippen molar-refractivity contribution in [2.24, 2.45) is 0 Å². The summed E-state index contributed by atoms with van der Waals surface area (Å²) in [7, 11) is 0. The molecule has 0 unspecified atom stereocenters. The number of aryl methyl sites for hydroxylation is 2. The van der Waals surface area contributed by atoms with Gasteiger partial charge >= 0.3 is 0 Å². The molecule has 4 nitrogen and oxygen atoms in total. The SMILES string of the molecule is CCCn1ncc(Cl)c1C(=O)CCc1ccncc1. The van der Waals surface area contributed by atoms with Crippen LogP contribution in [0, 0.1) is 0 Å². The van der Waals surface area contributed by atoms with Gasteiger partial charge in [-0.3, -0.25) is 14.5 Å². The Morgan fingerprint density at radius 2 is 2.11 bits per heavy atom. The lowest BCUT2D eigenvalue weighted by molar-refractivity contribution is 0.0972. The van der Waals surface area contributed by atoms with Crippen molar-refractivity contribution in [2.45, 2.75) is 32.7 Å². The minimum Gasteiger partial charge on any atom is -0.292 e. The molecular formula is C14H16ClN3O. The van der Waals surface area contributed by atoms with E-state index in [0.29, 0.717) is 30.1 Å². The first-order valence-corrected chi connectivity index (χ1v) is 6.73. The van der Waals surface area contributed by atoms with E-state index in [4.69, 9.17) is 11.6 Å². The van der Waals surface area contributed by atoms with Gasteiger partial charge in [0.15, 0.2) is 5.78 Å². The highest BCUT2D eigenvalue weighted by Crippen LogP contribution is 2.18. The van der Waals surface area contributed by atoms with Gasteiger partial charge in [-0.25, -0.2) is 0 Å². The molecule has 0 spiro atoms. The zero-order valence-electron chi connectivity index (χ0n) is 10.8. The first-order valence-electron chi connectivity index (χ1n) is 6.35. The molecule has 0 aliphatic rings. The third-order valence-electron chi connectivity index (χ3n) is 2.88. The number of rotatable bonds is 6.